The predicted octanol–water partition coefficient (Wildman–Crippen LogP) is 8.86. The van der Waals surface area contributed by atoms with E-state index in [1.807, 2.05) is 0 Å². The highest BCUT2D eigenvalue weighted by molar-refractivity contribution is 9.10. The van der Waals surface area contributed by atoms with E-state index < -0.39 is 0 Å². The number of nitrogens with zero attached hydrogens (tertiary/aromatic N) is 1. The third kappa shape index (κ3) is 5.53. The van der Waals surface area contributed by atoms with Crippen molar-refractivity contribution >= 4 is 31.9 Å². The Morgan fingerprint density at radius 1 is 0.781 bits per heavy atom. The van der Waals surface area contributed by atoms with Crippen LogP contribution in [0.15, 0.2) is 48.5 Å². The first-order valence-corrected chi connectivity index (χ1v) is 14.3. The van der Waals surface area contributed by atoms with Crippen LogP contribution >= 0.6 is 31.9 Å². The van der Waals surface area contributed by atoms with Crippen LogP contribution in [-0.2, 0) is 21.6 Å². The fraction of sp³-hybridized carbons (Fsp3) is 0.586. The smallest absolute Gasteiger partial charge is 0.0508 e. The van der Waals surface area contributed by atoms with E-state index in [-0.39, 0.29) is 8.65 Å². The van der Waals surface area contributed by atoms with Gasteiger partial charge in [0.15, 0.2) is 0 Å². The van der Waals surface area contributed by atoms with Crippen molar-refractivity contribution < 1.29 is 0 Å². The molecule has 0 aliphatic heterocycles. The largest absolute Gasteiger partial charge is 0.297 e. The molecule has 32 heavy (non-hydrogen) atoms. The summed E-state index contributed by atoms with van der Waals surface area (Å²) < 4.78 is 0.365. The van der Waals surface area contributed by atoms with Gasteiger partial charge in [-0.3, -0.25) is 4.90 Å². The molecule has 0 aromatic heterocycles. The number of benzene rings is 2. The van der Waals surface area contributed by atoms with Gasteiger partial charge in [-0.2, -0.15) is 0 Å². The molecule has 0 spiro atoms. The molecule has 0 unspecified atom stereocenters. The van der Waals surface area contributed by atoms with Crippen LogP contribution in [0.3, 0.4) is 0 Å². The Labute approximate surface area is 212 Å². The molecule has 0 amide bonds. The van der Waals surface area contributed by atoms with E-state index in [0.717, 1.165) is 13.1 Å². The van der Waals surface area contributed by atoms with Crippen molar-refractivity contribution in [3.8, 4) is 0 Å². The number of halogens is 2. The summed E-state index contributed by atoms with van der Waals surface area (Å²) in [5.74, 6) is 0. The lowest BCUT2D eigenvalue weighted by molar-refractivity contribution is 0.210. The van der Waals surface area contributed by atoms with Gasteiger partial charge in [-0.15, -0.1) is 0 Å². The van der Waals surface area contributed by atoms with E-state index in [0.29, 0.717) is 6.04 Å². The number of hydrogen-bond donors (Lipinski definition) is 0. The minimum atomic E-state index is 0.183. The average molecular weight is 561 g/mol. The Morgan fingerprint density at radius 2 is 1.31 bits per heavy atom. The van der Waals surface area contributed by atoms with Crippen LogP contribution in [0.4, 0.5) is 0 Å². The molecular weight excluding hydrogens is 522 g/mol. The zero-order chi connectivity index (χ0) is 22.6. The highest BCUT2D eigenvalue weighted by Gasteiger charge is 2.39. The van der Waals surface area contributed by atoms with E-state index in [1.165, 1.54) is 69.8 Å². The summed E-state index contributed by atoms with van der Waals surface area (Å²) >= 11 is 8.46. The Balaban J connectivity index is 1.56. The van der Waals surface area contributed by atoms with Crippen LogP contribution in [0.25, 0.3) is 0 Å². The molecule has 2 aliphatic rings. The minimum absolute atomic E-state index is 0.183. The topological polar surface area (TPSA) is 3.24 Å². The van der Waals surface area contributed by atoms with Crippen molar-refractivity contribution in [2.75, 3.05) is 6.54 Å². The lowest BCUT2D eigenvalue weighted by atomic mass is 9.83. The van der Waals surface area contributed by atoms with Gasteiger partial charge in [-0.05, 0) is 81.2 Å². The van der Waals surface area contributed by atoms with E-state index in [4.69, 9.17) is 0 Å². The van der Waals surface area contributed by atoms with E-state index in [9.17, 15) is 0 Å². The summed E-state index contributed by atoms with van der Waals surface area (Å²) in [6, 6.07) is 18.7. The highest BCUT2D eigenvalue weighted by Crippen LogP contribution is 2.52. The van der Waals surface area contributed by atoms with Crippen molar-refractivity contribution in [2.45, 2.75) is 99.3 Å². The van der Waals surface area contributed by atoms with Crippen molar-refractivity contribution in [3.63, 3.8) is 0 Å². The maximum atomic E-state index is 4.23. The zero-order valence-electron chi connectivity index (χ0n) is 19.9. The molecule has 1 nitrogen and oxygen atoms in total. The van der Waals surface area contributed by atoms with Gasteiger partial charge in [0.1, 0.15) is 0 Å². The fourth-order valence-electron chi connectivity index (χ4n) is 5.90. The SMILES string of the molecule is CC(C)N(CCCc1c(C2(Br)CCCC2)cccc1C1(Br)CCCC1)Cc1ccccc1. The third-order valence-electron chi connectivity index (χ3n) is 7.76. The molecule has 2 aromatic carbocycles. The molecule has 0 atom stereocenters. The predicted molar refractivity (Wildman–Crippen MR) is 145 cm³/mol. The lowest BCUT2D eigenvalue weighted by Gasteiger charge is -2.32. The summed E-state index contributed by atoms with van der Waals surface area (Å²) in [7, 11) is 0. The fourth-order valence-corrected chi connectivity index (χ4v) is 7.77. The maximum absolute atomic E-state index is 4.23. The van der Waals surface area contributed by atoms with Crippen molar-refractivity contribution in [1.82, 2.24) is 4.90 Å². The van der Waals surface area contributed by atoms with Gasteiger partial charge >= 0.3 is 0 Å². The first kappa shape index (κ1) is 24.5. The molecule has 0 heterocycles. The van der Waals surface area contributed by atoms with Crippen LogP contribution in [0.2, 0.25) is 0 Å². The van der Waals surface area contributed by atoms with Gasteiger partial charge in [0, 0.05) is 12.6 Å². The normalized spacial score (nSPS) is 19.8. The van der Waals surface area contributed by atoms with Gasteiger partial charge < -0.3 is 0 Å². The van der Waals surface area contributed by atoms with Crippen LogP contribution in [-0.4, -0.2) is 17.5 Å². The minimum Gasteiger partial charge on any atom is -0.297 e. The second-order valence-corrected chi connectivity index (χ2v) is 13.4. The first-order chi connectivity index (χ1) is 15.4. The van der Waals surface area contributed by atoms with Crippen LogP contribution in [0.5, 0.6) is 0 Å². The van der Waals surface area contributed by atoms with Crippen LogP contribution < -0.4 is 0 Å². The Bertz CT molecular complexity index is 824. The lowest BCUT2D eigenvalue weighted by Crippen LogP contribution is -2.32. The summed E-state index contributed by atoms with van der Waals surface area (Å²) in [6.07, 6.45) is 12.8. The second kappa shape index (κ2) is 10.7. The maximum Gasteiger partial charge on any atom is 0.0508 e. The van der Waals surface area contributed by atoms with Crippen molar-refractivity contribution in [2.24, 2.45) is 0 Å². The molecule has 0 radical (unpaired) electrons. The summed E-state index contributed by atoms with van der Waals surface area (Å²) in [5, 5.41) is 0. The third-order valence-corrected chi connectivity index (χ3v) is 10.2. The monoisotopic (exact) mass is 559 g/mol. The standard InChI is InChI=1S/C29H39Br2N/c1-23(2)32(22-24-12-4-3-5-13-24)21-11-14-25-26(28(30)17-6-7-18-28)15-10-16-27(25)29(31)19-8-9-20-29/h3-5,10,12-13,15-16,23H,6-9,11,14,17-22H2,1-2H3. The van der Waals surface area contributed by atoms with Gasteiger partial charge in [-0.25, -0.2) is 0 Å². The van der Waals surface area contributed by atoms with Crippen LogP contribution in [0.1, 0.15) is 93.9 Å². The summed E-state index contributed by atoms with van der Waals surface area (Å²) in [5.41, 5.74) is 6.21. The van der Waals surface area contributed by atoms with Crippen molar-refractivity contribution in [1.29, 1.82) is 0 Å². The Morgan fingerprint density at radius 3 is 1.81 bits per heavy atom. The molecule has 2 saturated carbocycles. The van der Waals surface area contributed by atoms with E-state index in [1.54, 1.807) is 16.7 Å². The number of hydrogen-bond acceptors (Lipinski definition) is 1. The van der Waals surface area contributed by atoms with Gasteiger partial charge in [0.25, 0.3) is 0 Å². The molecule has 0 bridgehead atoms. The molecule has 4 rings (SSSR count). The molecule has 174 valence electrons. The van der Waals surface area contributed by atoms with Crippen molar-refractivity contribution in [3.05, 3.63) is 70.8 Å². The number of rotatable bonds is 9. The molecule has 2 aromatic rings. The van der Waals surface area contributed by atoms with Gasteiger partial charge in [-0.1, -0.05) is 106 Å². The highest BCUT2D eigenvalue weighted by atomic mass is 79.9. The average Bonchev–Trinajstić information content (AvgIpc) is 3.43. The van der Waals surface area contributed by atoms with E-state index >= 15 is 0 Å². The quantitative estimate of drug-likeness (QED) is 0.277. The Kier molecular flexibility index (Phi) is 8.22. The second-order valence-electron chi connectivity index (χ2n) is 10.3. The molecule has 0 N–H and O–H groups in total. The molecular formula is C29H39Br2N. The first-order valence-electron chi connectivity index (χ1n) is 12.7. The van der Waals surface area contributed by atoms with Gasteiger partial charge in [0.2, 0.25) is 0 Å². The Hall–Kier alpha value is -0.640. The molecule has 0 saturated heterocycles. The molecule has 2 fully saturated rings. The molecule has 2 aliphatic carbocycles. The van der Waals surface area contributed by atoms with Gasteiger partial charge in [0.05, 0.1) is 8.65 Å². The number of alkyl halides is 2. The molecule has 3 heteroatoms. The van der Waals surface area contributed by atoms with E-state index in [2.05, 4.69) is 99.1 Å². The van der Waals surface area contributed by atoms with Crippen LogP contribution in [0, 0.1) is 0 Å². The zero-order valence-corrected chi connectivity index (χ0v) is 23.1. The summed E-state index contributed by atoms with van der Waals surface area (Å²) in [4.78, 5) is 2.64. The summed E-state index contributed by atoms with van der Waals surface area (Å²) in [6.45, 7) is 6.85.